The smallest absolute Gasteiger partial charge is 0.240 e. The molecule has 5 N–H and O–H groups in total. The Morgan fingerprint density at radius 3 is 2.78 bits per heavy atom. The Labute approximate surface area is 111 Å². The van der Waals surface area contributed by atoms with Crippen LogP contribution in [-0.4, -0.2) is 26.0 Å². The predicted octanol–water partition coefficient (Wildman–Crippen LogP) is 1.22. The second-order valence-corrected chi connectivity index (χ2v) is 7.04. The summed E-state index contributed by atoms with van der Waals surface area (Å²) in [5.74, 6) is 2.15. The number of thioether (sulfide) groups is 1. The molecule has 5 nitrogen and oxygen atoms in total. The molecular weight excluding hydrogens is 270 g/mol. The van der Waals surface area contributed by atoms with E-state index in [1.165, 1.54) is 11.8 Å². The Morgan fingerprint density at radius 1 is 1.39 bits per heavy atom. The molecule has 0 radical (unpaired) electrons. The Kier molecular flexibility index (Phi) is 4.04. The molecule has 1 aromatic carbocycles. The van der Waals surface area contributed by atoms with Crippen LogP contribution < -0.4 is 16.2 Å². The highest BCUT2D eigenvalue weighted by atomic mass is 32.2. The summed E-state index contributed by atoms with van der Waals surface area (Å²) in [5.41, 5.74) is 6.54. The van der Waals surface area contributed by atoms with Crippen LogP contribution in [0, 0.1) is 0 Å². The minimum absolute atomic E-state index is 0.0677. The number of hydrogen-bond acceptors (Lipinski definition) is 5. The maximum Gasteiger partial charge on any atom is 0.240 e. The first-order chi connectivity index (χ1) is 8.47. The molecule has 1 heterocycles. The minimum atomic E-state index is -3.76. The van der Waals surface area contributed by atoms with Crippen LogP contribution in [0.25, 0.3) is 0 Å². The summed E-state index contributed by atoms with van der Waals surface area (Å²) in [7, 11) is -3.76. The number of nitrogen functional groups attached to an aromatic ring is 1. The lowest BCUT2D eigenvalue weighted by Crippen LogP contribution is -2.27. The highest BCUT2D eigenvalue weighted by Crippen LogP contribution is 2.26. The van der Waals surface area contributed by atoms with Gasteiger partial charge in [0, 0.05) is 17.5 Å². The van der Waals surface area contributed by atoms with Crippen LogP contribution in [0.5, 0.6) is 0 Å². The fourth-order valence-corrected chi connectivity index (χ4v) is 3.77. The summed E-state index contributed by atoms with van der Waals surface area (Å²) in [4.78, 5) is 0.0677. The lowest BCUT2D eigenvalue weighted by Gasteiger charge is -2.24. The number of hydrogen-bond donors (Lipinski definition) is 3. The van der Waals surface area contributed by atoms with Crippen LogP contribution in [0.3, 0.4) is 0 Å². The fourth-order valence-electron chi connectivity index (χ4n) is 1.97. The minimum Gasteiger partial charge on any atom is -0.399 e. The zero-order chi connectivity index (χ0) is 13.2. The maximum absolute atomic E-state index is 11.5. The van der Waals surface area contributed by atoms with Crippen molar-refractivity contribution in [1.29, 1.82) is 0 Å². The number of nitrogens with one attached hydrogen (secondary N) is 1. The molecule has 1 unspecified atom stereocenters. The summed E-state index contributed by atoms with van der Waals surface area (Å²) in [6.07, 6.45) is 2.18. The van der Waals surface area contributed by atoms with E-state index >= 15 is 0 Å². The molecule has 1 aliphatic rings. The summed E-state index contributed by atoms with van der Waals surface area (Å²) in [6, 6.07) is 5.03. The third-order valence-corrected chi connectivity index (χ3v) is 5.00. The van der Waals surface area contributed by atoms with Gasteiger partial charge in [-0.25, -0.2) is 13.6 Å². The Hall–Kier alpha value is -0.920. The molecule has 1 fully saturated rings. The second-order valence-electron chi connectivity index (χ2n) is 4.36. The van der Waals surface area contributed by atoms with E-state index in [1.54, 1.807) is 12.1 Å². The van der Waals surface area contributed by atoms with Gasteiger partial charge >= 0.3 is 0 Å². The largest absolute Gasteiger partial charge is 0.399 e. The summed E-state index contributed by atoms with van der Waals surface area (Å²) in [5, 5.41) is 8.45. The molecule has 0 bridgehead atoms. The monoisotopic (exact) mass is 287 g/mol. The highest BCUT2D eigenvalue weighted by molar-refractivity contribution is 7.99. The van der Waals surface area contributed by atoms with Crippen LogP contribution in [0.1, 0.15) is 12.8 Å². The van der Waals surface area contributed by atoms with Gasteiger partial charge in [-0.15, -0.1) is 0 Å². The summed E-state index contributed by atoms with van der Waals surface area (Å²) < 4.78 is 23.0. The van der Waals surface area contributed by atoms with Crippen LogP contribution >= 0.6 is 11.8 Å². The first-order valence-corrected chi connectivity index (χ1v) is 8.43. The molecule has 1 atom stereocenters. The number of rotatable bonds is 3. The van der Waals surface area contributed by atoms with E-state index in [0.717, 1.165) is 18.6 Å². The first-order valence-electron chi connectivity index (χ1n) is 5.73. The van der Waals surface area contributed by atoms with E-state index in [4.69, 9.17) is 10.9 Å². The highest BCUT2D eigenvalue weighted by Gasteiger charge is 2.19. The molecule has 0 amide bonds. The van der Waals surface area contributed by atoms with Crippen molar-refractivity contribution >= 4 is 33.2 Å². The quantitative estimate of drug-likeness (QED) is 0.726. The van der Waals surface area contributed by atoms with Gasteiger partial charge in [0.05, 0.1) is 5.69 Å². The van der Waals surface area contributed by atoms with Crippen molar-refractivity contribution in [3.8, 4) is 0 Å². The van der Waals surface area contributed by atoms with Gasteiger partial charge in [0.2, 0.25) is 10.0 Å². The van der Waals surface area contributed by atoms with Crippen molar-refractivity contribution in [3.63, 3.8) is 0 Å². The normalized spacial score (nSPS) is 20.6. The lowest BCUT2D eigenvalue weighted by atomic mass is 10.1. The van der Waals surface area contributed by atoms with Gasteiger partial charge in [-0.1, -0.05) is 0 Å². The van der Waals surface area contributed by atoms with Gasteiger partial charge in [0.15, 0.2) is 0 Å². The van der Waals surface area contributed by atoms with Gasteiger partial charge in [-0.05, 0) is 36.8 Å². The molecule has 0 saturated carbocycles. The third kappa shape index (κ3) is 3.30. The third-order valence-electron chi connectivity index (χ3n) is 2.83. The zero-order valence-corrected chi connectivity index (χ0v) is 11.6. The standard InChI is InChI=1S/C11H17N3O2S2/c12-8-3-4-10(11(6-8)18(13,15)16)14-9-2-1-5-17-7-9/h3-4,6,9,14H,1-2,5,7,12H2,(H2,13,15,16). The van der Waals surface area contributed by atoms with E-state index < -0.39 is 10.0 Å². The Morgan fingerprint density at radius 2 is 2.17 bits per heavy atom. The maximum atomic E-state index is 11.5. The van der Waals surface area contributed by atoms with Crippen molar-refractivity contribution < 1.29 is 8.42 Å². The fraction of sp³-hybridized carbons (Fsp3) is 0.455. The van der Waals surface area contributed by atoms with E-state index in [0.29, 0.717) is 11.4 Å². The first kappa shape index (κ1) is 13.5. The molecule has 1 aromatic rings. The second kappa shape index (κ2) is 5.38. The van der Waals surface area contributed by atoms with E-state index in [2.05, 4.69) is 5.32 Å². The number of anilines is 2. The number of nitrogens with two attached hydrogens (primary N) is 2. The number of sulfonamides is 1. The van der Waals surface area contributed by atoms with Crippen molar-refractivity contribution in [3.05, 3.63) is 18.2 Å². The van der Waals surface area contributed by atoms with Crippen molar-refractivity contribution in [2.24, 2.45) is 5.14 Å². The van der Waals surface area contributed by atoms with Gasteiger partial charge < -0.3 is 11.1 Å². The van der Waals surface area contributed by atoms with Gasteiger partial charge in [-0.2, -0.15) is 11.8 Å². The van der Waals surface area contributed by atoms with E-state index in [-0.39, 0.29) is 10.9 Å². The number of primary sulfonamides is 1. The summed E-state index contributed by atoms with van der Waals surface area (Å²) >= 11 is 1.87. The van der Waals surface area contributed by atoms with Crippen LogP contribution in [0.4, 0.5) is 11.4 Å². The van der Waals surface area contributed by atoms with Crippen LogP contribution in [-0.2, 0) is 10.0 Å². The van der Waals surface area contributed by atoms with E-state index in [9.17, 15) is 8.42 Å². The molecular formula is C11H17N3O2S2. The lowest BCUT2D eigenvalue weighted by molar-refractivity contribution is 0.597. The van der Waals surface area contributed by atoms with Gasteiger partial charge in [0.25, 0.3) is 0 Å². The topological polar surface area (TPSA) is 98.2 Å². The van der Waals surface area contributed by atoms with Crippen molar-refractivity contribution in [2.45, 2.75) is 23.8 Å². The van der Waals surface area contributed by atoms with Gasteiger partial charge in [-0.3, -0.25) is 0 Å². The zero-order valence-electron chi connectivity index (χ0n) is 9.93. The molecule has 0 aliphatic carbocycles. The molecule has 0 aromatic heterocycles. The average molecular weight is 287 g/mol. The SMILES string of the molecule is Nc1ccc(NC2CCCSC2)c(S(N)(=O)=O)c1. The molecule has 100 valence electrons. The molecule has 18 heavy (non-hydrogen) atoms. The molecule has 1 aliphatic heterocycles. The Balaban J connectivity index is 2.26. The Bertz CT molecular complexity index is 525. The molecule has 2 rings (SSSR count). The molecule has 7 heteroatoms. The molecule has 0 spiro atoms. The van der Waals surface area contributed by atoms with Gasteiger partial charge in [0.1, 0.15) is 4.90 Å². The molecule has 1 saturated heterocycles. The average Bonchev–Trinajstić information content (AvgIpc) is 2.31. The predicted molar refractivity (Wildman–Crippen MR) is 76.2 cm³/mol. The van der Waals surface area contributed by atoms with Crippen LogP contribution in [0.2, 0.25) is 0 Å². The van der Waals surface area contributed by atoms with Crippen molar-refractivity contribution in [1.82, 2.24) is 0 Å². The summed E-state index contributed by atoms with van der Waals surface area (Å²) in [6.45, 7) is 0. The number of benzene rings is 1. The van der Waals surface area contributed by atoms with Crippen LogP contribution in [0.15, 0.2) is 23.1 Å². The van der Waals surface area contributed by atoms with E-state index in [1.807, 2.05) is 11.8 Å². The van der Waals surface area contributed by atoms with Crippen molar-refractivity contribution in [2.75, 3.05) is 22.6 Å².